The summed E-state index contributed by atoms with van der Waals surface area (Å²) in [7, 11) is 0. The van der Waals surface area contributed by atoms with Crippen LogP contribution in [0.2, 0.25) is 0 Å². The van der Waals surface area contributed by atoms with Crippen LogP contribution in [0.4, 0.5) is 0 Å². The number of carbonyl (C=O) groups is 1. The first-order valence-corrected chi connectivity index (χ1v) is 27.8. The molecule has 7 atom stereocenters. The van der Waals surface area contributed by atoms with E-state index >= 15 is 0 Å². The fraction of sp³-hybridized carbons (Fsp3) is 0.656. The fourth-order valence-electron chi connectivity index (χ4n) is 7.87. The van der Waals surface area contributed by atoms with Crippen LogP contribution in [0.3, 0.4) is 0 Å². The van der Waals surface area contributed by atoms with Gasteiger partial charge in [-0.15, -0.1) is 0 Å². The Balaban J connectivity index is 2.35. The van der Waals surface area contributed by atoms with Gasteiger partial charge in [0.05, 0.1) is 25.4 Å². The molecule has 0 aromatic heterocycles. The Morgan fingerprint density at radius 3 is 1.37 bits per heavy atom. The van der Waals surface area contributed by atoms with Crippen LogP contribution in [0.1, 0.15) is 200 Å². The van der Waals surface area contributed by atoms with E-state index in [0.29, 0.717) is 12.8 Å². The van der Waals surface area contributed by atoms with Gasteiger partial charge in [0.25, 0.3) is 0 Å². The van der Waals surface area contributed by atoms with Crippen LogP contribution in [0.25, 0.3) is 0 Å². The van der Waals surface area contributed by atoms with Crippen LogP contribution in [0.15, 0.2) is 122 Å². The molecule has 9 nitrogen and oxygen atoms in total. The van der Waals surface area contributed by atoms with Gasteiger partial charge in [0.2, 0.25) is 5.91 Å². The highest BCUT2D eigenvalue weighted by molar-refractivity contribution is 5.76. The lowest BCUT2D eigenvalue weighted by Crippen LogP contribution is -2.60. The van der Waals surface area contributed by atoms with E-state index in [1.54, 1.807) is 6.08 Å². The standard InChI is InChI=1S/C61H101NO8/c1-3-5-7-9-11-13-15-17-19-21-23-25-27-28-29-31-33-35-37-39-41-43-45-47-49-51-57(65)62-54(53-69-61-60(68)59(67)58(66)56(52-63)70-61)55(64)50-48-46-44-42-40-38-36-34-32-30-26-24-22-20-18-16-14-12-10-8-6-4-2/h5,7,11,13,17,19,23,25,28-29,32-35,39-42,48,50,54-56,58-61,63-64,66-68H,3-4,6,8-10,12,14-16,18,20-22,24,26-27,30-31,36-38,43-47,49,51-53H2,1-2H3,(H,62,65)/b7-5-,13-11-,19-17-,25-23-,29-28-,34-32+,35-33-,41-39-,42-40+,50-48+. The van der Waals surface area contributed by atoms with Gasteiger partial charge in [-0.3, -0.25) is 4.79 Å². The highest BCUT2D eigenvalue weighted by atomic mass is 16.7. The van der Waals surface area contributed by atoms with E-state index < -0.39 is 49.5 Å². The minimum Gasteiger partial charge on any atom is -0.394 e. The molecule has 1 fully saturated rings. The minimum atomic E-state index is -1.59. The van der Waals surface area contributed by atoms with Gasteiger partial charge in [0.15, 0.2) is 6.29 Å². The molecule has 0 aliphatic carbocycles. The molecule has 9 heteroatoms. The predicted molar refractivity (Wildman–Crippen MR) is 294 cm³/mol. The molecule has 1 aliphatic rings. The molecule has 1 saturated heterocycles. The Labute approximate surface area is 427 Å². The van der Waals surface area contributed by atoms with E-state index in [1.165, 1.54) is 77.0 Å². The molecule has 1 heterocycles. The third-order valence-electron chi connectivity index (χ3n) is 12.2. The first-order chi connectivity index (χ1) is 34.3. The maximum absolute atomic E-state index is 13.0. The SMILES string of the molecule is CC/C=C\C/C=C\C/C=C\C/C=C\C/C=C\C/C=C\C/C=C\CCCCCC(=O)NC(COC1OC(CO)C(O)C(O)C1O)C(O)/C=C/CC/C=C/CC/C=C/CCCCCCCCCCCCCC. The molecule has 7 unspecified atom stereocenters. The first kappa shape index (κ1) is 64.6. The molecule has 0 aromatic rings. The van der Waals surface area contributed by atoms with Crippen molar-refractivity contribution in [1.82, 2.24) is 5.32 Å². The summed E-state index contributed by atoms with van der Waals surface area (Å²) in [6, 6.07) is -0.856. The Morgan fingerprint density at radius 2 is 0.900 bits per heavy atom. The average molecular weight is 976 g/mol. The van der Waals surface area contributed by atoms with Crippen molar-refractivity contribution >= 4 is 5.91 Å². The van der Waals surface area contributed by atoms with Crippen molar-refractivity contribution in [2.45, 2.75) is 243 Å². The maximum Gasteiger partial charge on any atom is 0.220 e. The summed E-state index contributed by atoms with van der Waals surface area (Å²) in [4.78, 5) is 13.0. The smallest absolute Gasteiger partial charge is 0.220 e. The summed E-state index contributed by atoms with van der Waals surface area (Å²) in [5.74, 6) is -0.228. The van der Waals surface area contributed by atoms with Gasteiger partial charge >= 0.3 is 0 Å². The monoisotopic (exact) mass is 976 g/mol. The molecule has 1 rings (SSSR count). The second-order valence-electron chi connectivity index (χ2n) is 18.6. The van der Waals surface area contributed by atoms with Crippen LogP contribution < -0.4 is 5.32 Å². The summed E-state index contributed by atoms with van der Waals surface area (Å²) in [6.45, 7) is 3.61. The summed E-state index contributed by atoms with van der Waals surface area (Å²) >= 11 is 0. The number of allylic oxidation sites excluding steroid dienone is 19. The van der Waals surface area contributed by atoms with E-state index in [0.717, 1.165) is 89.9 Å². The molecule has 0 bridgehead atoms. The Bertz CT molecular complexity index is 1510. The van der Waals surface area contributed by atoms with Crippen molar-refractivity contribution in [2.24, 2.45) is 0 Å². The number of aliphatic hydroxyl groups is 5. The fourth-order valence-corrected chi connectivity index (χ4v) is 7.87. The van der Waals surface area contributed by atoms with E-state index in [1.807, 2.05) is 6.08 Å². The Hall–Kier alpha value is -3.41. The van der Waals surface area contributed by atoms with Gasteiger partial charge in [-0.1, -0.05) is 212 Å². The lowest BCUT2D eigenvalue weighted by molar-refractivity contribution is -0.302. The third-order valence-corrected chi connectivity index (χ3v) is 12.2. The lowest BCUT2D eigenvalue weighted by atomic mass is 9.99. The molecule has 0 radical (unpaired) electrons. The topological polar surface area (TPSA) is 149 Å². The van der Waals surface area contributed by atoms with Gasteiger partial charge in [-0.25, -0.2) is 0 Å². The number of ether oxygens (including phenoxy) is 2. The molecular weight excluding hydrogens is 875 g/mol. The van der Waals surface area contributed by atoms with Gasteiger partial charge in [-0.2, -0.15) is 0 Å². The molecule has 0 saturated carbocycles. The number of hydrogen-bond donors (Lipinski definition) is 6. The van der Waals surface area contributed by atoms with E-state index in [2.05, 4.69) is 129 Å². The van der Waals surface area contributed by atoms with Crippen LogP contribution >= 0.6 is 0 Å². The maximum atomic E-state index is 13.0. The highest BCUT2D eigenvalue weighted by Crippen LogP contribution is 2.22. The number of amides is 1. The van der Waals surface area contributed by atoms with Crippen molar-refractivity contribution in [2.75, 3.05) is 13.2 Å². The normalized spacial score (nSPS) is 20.4. The number of unbranched alkanes of at least 4 members (excludes halogenated alkanes) is 17. The summed E-state index contributed by atoms with van der Waals surface area (Å²) < 4.78 is 11.2. The molecule has 0 spiro atoms. The van der Waals surface area contributed by atoms with Crippen molar-refractivity contribution in [3.63, 3.8) is 0 Å². The lowest BCUT2D eigenvalue weighted by Gasteiger charge is -2.40. The zero-order valence-corrected chi connectivity index (χ0v) is 44.0. The largest absolute Gasteiger partial charge is 0.394 e. The second-order valence-corrected chi connectivity index (χ2v) is 18.6. The molecule has 1 aliphatic heterocycles. The first-order valence-electron chi connectivity index (χ1n) is 27.8. The summed E-state index contributed by atoms with van der Waals surface area (Å²) in [5, 5.41) is 54.4. The number of carbonyl (C=O) groups excluding carboxylic acids is 1. The molecular formula is C61H101NO8. The van der Waals surface area contributed by atoms with Crippen LogP contribution in [0, 0.1) is 0 Å². The molecule has 1 amide bonds. The summed E-state index contributed by atoms with van der Waals surface area (Å²) in [6.07, 6.45) is 66.8. The number of hydrogen-bond acceptors (Lipinski definition) is 8. The van der Waals surface area contributed by atoms with E-state index in [9.17, 15) is 30.3 Å². The minimum absolute atomic E-state index is 0.228. The van der Waals surface area contributed by atoms with Crippen LogP contribution in [-0.4, -0.2) is 87.5 Å². The molecule has 398 valence electrons. The van der Waals surface area contributed by atoms with Crippen LogP contribution in [0.5, 0.6) is 0 Å². The predicted octanol–water partition coefficient (Wildman–Crippen LogP) is 13.6. The van der Waals surface area contributed by atoms with Crippen molar-refractivity contribution < 1.29 is 39.8 Å². The van der Waals surface area contributed by atoms with E-state index in [4.69, 9.17) is 9.47 Å². The number of aliphatic hydroxyl groups excluding tert-OH is 5. The number of rotatable bonds is 45. The van der Waals surface area contributed by atoms with Crippen LogP contribution in [-0.2, 0) is 14.3 Å². The van der Waals surface area contributed by atoms with Gasteiger partial charge in [0, 0.05) is 6.42 Å². The average Bonchev–Trinajstić information content (AvgIpc) is 3.36. The summed E-state index contributed by atoms with van der Waals surface area (Å²) in [5.41, 5.74) is 0. The third kappa shape index (κ3) is 38.3. The van der Waals surface area contributed by atoms with Gasteiger partial charge in [0.1, 0.15) is 24.4 Å². The molecule has 0 aromatic carbocycles. The quantitative estimate of drug-likeness (QED) is 0.0261. The second kappa shape index (κ2) is 49.2. The molecule has 70 heavy (non-hydrogen) atoms. The highest BCUT2D eigenvalue weighted by Gasteiger charge is 2.44. The van der Waals surface area contributed by atoms with E-state index in [-0.39, 0.29) is 18.9 Å². The van der Waals surface area contributed by atoms with Crippen molar-refractivity contribution in [1.29, 1.82) is 0 Å². The zero-order chi connectivity index (χ0) is 50.8. The molecule has 6 N–H and O–H groups in total. The Kier molecular flexibility index (Phi) is 45.4. The van der Waals surface area contributed by atoms with Crippen molar-refractivity contribution in [3.8, 4) is 0 Å². The van der Waals surface area contributed by atoms with Crippen molar-refractivity contribution in [3.05, 3.63) is 122 Å². The van der Waals surface area contributed by atoms with Gasteiger partial charge < -0.3 is 40.3 Å². The zero-order valence-electron chi connectivity index (χ0n) is 44.0. The Morgan fingerprint density at radius 1 is 0.500 bits per heavy atom. The number of nitrogens with one attached hydrogen (secondary N) is 1. The van der Waals surface area contributed by atoms with Gasteiger partial charge in [-0.05, 0) is 103 Å².